The van der Waals surface area contributed by atoms with Crippen molar-refractivity contribution in [2.24, 2.45) is 5.92 Å². The predicted molar refractivity (Wildman–Crippen MR) is 134 cm³/mol. The molecule has 0 radical (unpaired) electrons. The van der Waals surface area contributed by atoms with Crippen molar-refractivity contribution < 1.29 is 23.8 Å². The predicted octanol–water partition coefficient (Wildman–Crippen LogP) is 5.96. The summed E-state index contributed by atoms with van der Waals surface area (Å²) in [5.74, 6) is 1.27. The number of ether oxygens (including phenoxy) is 3. The van der Waals surface area contributed by atoms with Crippen LogP contribution in [0.4, 0.5) is 9.59 Å². The molecule has 184 valence electrons. The second-order valence-electron chi connectivity index (χ2n) is 8.45. The molecule has 0 spiro atoms. The van der Waals surface area contributed by atoms with Crippen molar-refractivity contribution >= 4 is 12.2 Å². The SMILES string of the molecule is CC(C)CCOc1ccc(C(NC(=O)OCc2ccccc2)NC(=O)OCc2ccccc2)cc1. The lowest BCUT2D eigenvalue weighted by Gasteiger charge is -2.21. The second-order valence-corrected chi connectivity index (χ2v) is 8.45. The first-order chi connectivity index (χ1) is 17.0. The molecular formula is C28H32N2O5. The molecule has 0 unspecified atom stereocenters. The van der Waals surface area contributed by atoms with Crippen molar-refractivity contribution in [1.29, 1.82) is 0 Å². The molecular weight excluding hydrogens is 444 g/mol. The maximum atomic E-state index is 12.5. The van der Waals surface area contributed by atoms with Crippen LogP contribution in [-0.2, 0) is 22.7 Å². The van der Waals surface area contributed by atoms with E-state index in [1.807, 2.05) is 60.7 Å². The minimum absolute atomic E-state index is 0.112. The molecule has 0 aliphatic rings. The van der Waals surface area contributed by atoms with Crippen molar-refractivity contribution in [3.8, 4) is 5.75 Å². The van der Waals surface area contributed by atoms with E-state index < -0.39 is 18.4 Å². The van der Waals surface area contributed by atoms with Gasteiger partial charge >= 0.3 is 12.2 Å². The average Bonchev–Trinajstić information content (AvgIpc) is 2.87. The van der Waals surface area contributed by atoms with Crippen LogP contribution in [0.25, 0.3) is 0 Å². The molecule has 3 rings (SSSR count). The lowest BCUT2D eigenvalue weighted by Crippen LogP contribution is -2.41. The molecule has 0 saturated carbocycles. The van der Waals surface area contributed by atoms with Crippen LogP contribution >= 0.6 is 0 Å². The molecule has 7 heteroatoms. The zero-order valence-corrected chi connectivity index (χ0v) is 20.1. The van der Waals surface area contributed by atoms with E-state index in [9.17, 15) is 9.59 Å². The van der Waals surface area contributed by atoms with Crippen LogP contribution in [0.15, 0.2) is 84.9 Å². The highest BCUT2D eigenvalue weighted by atomic mass is 16.6. The third kappa shape index (κ3) is 9.41. The Morgan fingerprint density at radius 1 is 0.714 bits per heavy atom. The van der Waals surface area contributed by atoms with Crippen molar-refractivity contribution in [2.75, 3.05) is 6.61 Å². The summed E-state index contributed by atoms with van der Waals surface area (Å²) >= 11 is 0. The van der Waals surface area contributed by atoms with E-state index in [2.05, 4.69) is 24.5 Å². The van der Waals surface area contributed by atoms with E-state index in [0.29, 0.717) is 23.8 Å². The standard InChI is InChI=1S/C28H32N2O5/c1-21(2)17-18-33-25-15-13-24(14-16-25)26(29-27(31)34-19-22-9-5-3-6-10-22)30-28(32)35-20-23-11-7-4-8-12-23/h3-16,21,26H,17-20H2,1-2H3,(H,29,31)(H,30,32). The molecule has 0 aliphatic carbocycles. The summed E-state index contributed by atoms with van der Waals surface area (Å²) in [4.78, 5) is 25.0. The molecule has 0 aromatic heterocycles. The Balaban J connectivity index is 1.62. The van der Waals surface area contributed by atoms with Gasteiger partial charge in [-0.15, -0.1) is 0 Å². The minimum atomic E-state index is -0.855. The summed E-state index contributed by atoms with van der Waals surface area (Å²) in [5.41, 5.74) is 2.36. The molecule has 0 heterocycles. The molecule has 0 bridgehead atoms. The molecule has 3 aromatic carbocycles. The summed E-state index contributed by atoms with van der Waals surface area (Å²) < 4.78 is 16.4. The highest BCUT2D eigenvalue weighted by molar-refractivity contribution is 5.71. The van der Waals surface area contributed by atoms with Gasteiger partial charge in [-0.3, -0.25) is 10.6 Å². The summed E-state index contributed by atoms with van der Waals surface area (Å²) in [6.07, 6.45) is -1.24. The Labute approximate surface area is 206 Å². The van der Waals surface area contributed by atoms with E-state index in [1.165, 1.54) is 0 Å². The van der Waals surface area contributed by atoms with Gasteiger partial charge in [-0.2, -0.15) is 0 Å². The van der Waals surface area contributed by atoms with Gasteiger partial charge in [0.05, 0.1) is 6.61 Å². The summed E-state index contributed by atoms with van der Waals surface area (Å²) in [6, 6.07) is 25.9. The number of alkyl carbamates (subject to hydrolysis) is 2. The van der Waals surface area contributed by atoms with E-state index in [0.717, 1.165) is 17.5 Å². The molecule has 0 saturated heterocycles. The van der Waals surface area contributed by atoms with E-state index >= 15 is 0 Å². The Morgan fingerprint density at radius 3 is 1.66 bits per heavy atom. The minimum Gasteiger partial charge on any atom is -0.494 e. The molecule has 0 atom stereocenters. The molecule has 7 nitrogen and oxygen atoms in total. The number of carbonyl (C=O) groups excluding carboxylic acids is 2. The first-order valence-corrected chi connectivity index (χ1v) is 11.7. The monoisotopic (exact) mass is 476 g/mol. The van der Waals surface area contributed by atoms with Crippen LogP contribution < -0.4 is 15.4 Å². The third-order valence-electron chi connectivity index (χ3n) is 5.13. The van der Waals surface area contributed by atoms with Crippen molar-refractivity contribution in [2.45, 2.75) is 39.6 Å². The maximum absolute atomic E-state index is 12.5. The second kappa shape index (κ2) is 13.6. The van der Waals surface area contributed by atoms with Gasteiger partial charge in [-0.1, -0.05) is 86.6 Å². The Bertz CT molecular complexity index is 982. The fourth-order valence-corrected chi connectivity index (χ4v) is 3.14. The van der Waals surface area contributed by atoms with Crippen LogP contribution in [0, 0.1) is 5.92 Å². The zero-order chi connectivity index (χ0) is 24.9. The van der Waals surface area contributed by atoms with Gasteiger partial charge in [0.25, 0.3) is 0 Å². The largest absolute Gasteiger partial charge is 0.494 e. The molecule has 3 aromatic rings. The van der Waals surface area contributed by atoms with Crippen LogP contribution in [0.2, 0.25) is 0 Å². The van der Waals surface area contributed by atoms with Crippen LogP contribution in [0.3, 0.4) is 0 Å². The summed E-state index contributed by atoms with van der Waals surface area (Å²) in [6.45, 7) is 5.12. The number of hydrogen-bond donors (Lipinski definition) is 2. The van der Waals surface area contributed by atoms with Gasteiger partial charge in [0.2, 0.25) is 0 Å². The van der Waals surface area contributed by atoms with Crippen LogP contribution in [-0.4, -0.2) is 18.8 Å². The lowest BCUT2D eigenvalue weighted by atomic mass is 10.1. The first kappa shape index (κ1) is 25.6. The smallest absolute Gasteiger partial charge is 0.409 e. The number of amides is 2. The van der Waals surface area contributed by atoms with E-state index in [1.54, 1.807) is 24.3 Å². The lowest BCUT2D eigenvalue weighted by molar-refractivity contribution is 0.122. The normalized spacial score (nSPS) is 10.6. The maximum Gasteiger partial charge on any atom is 0.409 e. The number of rotatable bonds is 11. The Kier molecular flexibility index (Phi) is 9.99. The Hall–Kier alpha value is -4.00. The van der Waals surface area contributed by atoms with E-state index in [4.69, 9.17) is 14.2 Å². The van der Waals surface area contributed by atoms with Gasteiger partial charge < -0.3 is 14.2 Å². The van der Waals surface area contributed by atoms with Crippen molar-refractivity contribution in [3.63, 3.8) is 0 Å². The molecule has 35 heavy (non-hydrogen) atoms. The van der Waals surface area contributed by atoms with Gasteiger partial charge in [0.1, 0.15) is 25.1 Å². The van der Waals surface area contributed by atoms with Crippen LogP contribution in [0.5, 0.6) is 5.75 Å². The van der Waals surface area contributed by atoms with Gasteiger partial charge in [-0.05, 0) is 41.2 Å². The summed E-state index contributed by atoms with van der Waals surface area (Å²) in [7, 11) is 0. The number of nitrogens with one attached hydrogen (secondary N) is 2. The number of carbonyl (C=O) groups is 2. The molecule has 0 fully saturated rings. The average molecular weight is 477 g/mol. The third-order valence-corrected chi connectivity index (χ3v) is 5.13. The van der Waals surface area contributed by atoms with Gasteiger partial charge in [-0.25, -0.2) is 9.59 Å². The molecule has 0 aliphatic heterocycles. The topological polar surface area (TPSA) is 85.9 Å². The first-order valence-electron chi connectivity index (χ1n) is 11.7. The fourth-order valence-electron chi connectivity index (χ4n) is 3.14. The summed E-state index contributed by atoms with van der Waals surface area (Å²) in [5, 5.41) is 5.39. The van der Waals surface area contributed by atoms with Crippen molar-refractivity contribution in [1.82, 2.24) is 10.6 Å². The highest BCUT2D eigenvalue weighted by Crippen LogP contribution is 2.18. The number of hydrogen-bond acceptors (Lipinski definition) is 5. The number of benzene rings is 3. The van der Waals surface area contributed by atoms with Gasteiger partial charge in [0, 0.05) is 0 Å². The highest BCUT2D eigenvalue weighted by Gasteiger charge is 2.19. The quantitative estimate of drug-likeness (QED) is 0.333. The molecule has 2 amide bonds. The van der Waals surface area contributed by atoms with Crippen LogP contribution in [0.1, 0.15) is 43.1 Å². The molecule has 2 N–H and O–H groups in total. The zero-order valence-electron chi connectivity index (χ0n) is 20.1. The fraction of sp³-hybridized carbons (Fsp3) is 0.286. The Morgan fingerprint density at radius 2 is 1.20 bits per heavy atom. The van der Waals surface area contributed by atoms with Crippen molar-refractivity contribution in [3.05, 3.63) is 102 Å². The van der Waals surface area contributed by atoms with E-state index in [-0.39, 0.29) is 13.2 Å². The van der Waals surface area contributed by atoms with Gasteiger partial charge in [0.15, 0.2) is 0 Å².